The molecule has 2 heterocycles. The summed E-state index contributed by atoms with van der Waals surface area (Å²) < 4.78 is 15.1. The normalized spacial score (nSPS) is 18.0. The summed E-state index contributed by atoms with van der Waals surface area (Å²) in [6.07, 6.45) is 4.16. The number of rotatable bonds is 7. The molecule has 2 N–H and O–H groups in total. The maximum absolute atomic E-state index is 13.4. The third kappa shape index (κ3) is 4.86. The summed E-state index contributed by atoms with van der Waals surface area (Å²) >= 11 is 0. The summed E-state index contributed by atoms with van der Waals surface area (Å²) in [5, 5.41) is 19.5. The number of halogens is 1. The molecule has 7 nitrogen and oxygen atoms in total. The highest BCUT2D eigenvalue weighted by Gasteiger charge is 2.23. The van der Waals surface area contributed by atoms with Crippen LogP contribution >= 0.6 is 0 Å². The Morgan fingerprint density at radius 1 is 1.42 bits per heavy atom. The average molecular weight is 361 g/mol. The first kappa shape index (κ1) is 18.5. The number of aliphatic hydroxyl groups is 1. The molecule has 0 radical (unpaired) electrons. The van der Waals surface area contributed by atoms with Gasteiger partial charge in [0.25, 0.3) is 5.91 Å². The predicted molar refractivity (Wildman–Crippen MR) is 94.0 cm³/mol. The number of hydrogen-bond donors (Lipinski definition) is 2. The van der Waals surface area contributed by atoms with Gasteiger partial charge in [-0.25, -0.2) is 9.07 Å². The Hall–Kier alpha value is -2.32. The standard InChI is InChI=1S/C18H24FN5O2/c19-15-5-1-4-14(10-15)11-23-8-2-6-16(12-23)24-13-17(21-22-24)18(26)20-7-3-9-25/h1,4-5,10,13,16,25H,2-3,6-9,11-12H2,(H,20,26). The molecule has 0 aliphatic carbocycles. The van der Waals surface area contributed by atoms with E-state index in [4.69, 9.17) is 5.11 Å². The van der Waals surface area contributed by atoms with Crippen LogP contribution in [0.1, 0.15) is 41.4 Å². The number of carbonyl (C=O) groups is 1. The van der Waals surface area contributed by atoms with Gasteiger partial charge in [0.1, 0.15) is 5.82 Å². The van der Waals surface area contributed by atoms with E-state index >= 15 is 0 Å². The Balaban J connectivity index is 1.58. The lowest BCUT2D eigenvalue weighted by Crippen LogP contribution is -2.36. The van der Waals surface area contributed by atoms with Crippen molar-refractivity contribution in [2.75, 3.05) is 26.2 Å². The molecular formula is C18H24FN5O2. The van der Waals surface area contributed by atoms with Gasteiger partial charge in [0.15, 0.2) is 5.69 Å². The lowest BCUT2D eigenvalue weighted by molar-refractivity contribution is 0.0946. The molecule has 2 aromatic rings. The van der Waals surface area contributed by atoms with Gasteiger partial charge in [-0.15, -0.1) is 5.10 Å². The molecule has 1 atom stereocenters. The van der Waals surface area contributed by atoms with Crippen molar-refractivity contribution in [1.29, 1.82) is 0 Å². The fraction of sp³-hybridized carbons (Fsp3) is 0.500. The second kappa shape index (κ2) is 8.86. The predicted octanol–water partition coefficient (Wildman–Crippen LogP) is 1.37. The van der Waals surface area contributed by atoms with Crippen molar-refractivity contribution >= 4 is 5.91 Å². The van der Waals surface area contributed by atoms with Gasteiger partial charge in [-0.05, 0) is 43.5 Å². The molecule has 8 heteroatoms. The Labute approximate surface area is 151 Å². The van der Waals surface area contributed by atoms with E-state index in [1.54, 1.807) is 23.0 Å². The highest BCUT2D eigenvalue weighted by molar-refractivity contribution is 5.91. The molecule has 1 saturated heterocycles. The lowest BCUT2D eigenvalue weighted by atomic mass is 10.0. The second-order valence-electron chi connectivity index (χ2n) is 6.58. The Kier molecular flexibility index (Phi) is 6.30. The first-order valence-electron chi connectivity index (χ1n) is 8.93. The monoisotopic (exact) mass is 361 g/mol. The summed E-state index contributed by atoms with van der Waals surface area (Å²) in [6, 6.07) is 6.81. The number of aromatic nitrogens is 3. The zero-order valence-corrected chi connectivity index (χ0v) is 14.6. The van der Waals surface area contributed by atoms with E-state index in [1.807, 2.05) is 6.07 Å². The molecule has 26 heavy (non-hydrogen) atoms. The number of hydrogen-bond acceptors (Lipinski definition) is 5. The molecular weight excluding hydrogens is 337 g/mol. The van der Waals surface area contributed by atoms with Gasteiger partial charge in [-0.2, -0.15) is 0 Å². The zero-order valence-electron chi connectivity index (χ0n) is 14.6. The zero-order chi connectivity index (χ0) is 18.4. The highest BCUT2D eigenvalue weighted by atomic mass is 19.1. The van der Waals surface area contributed by atoms with Gasteiger partial charge in [0, 0.05) is 26.2 Å². The molecule has 1 aliphatic rings. The maximum Gasteiger partial charge on any atom is 0.273 e. The number of piperidine rings is 1. The van der Waals surface area contributed by atoms with Crippen molar-refractivity contribution in [3.05, 3.63) is 47.5 Å². The smallest absolute Gasteiger partial charge is 0.273 e. The third-order valence-corrected chi connectivity index (χ3v) is 4.51. The van der Waals surface area contributed by atoms with Crippen LogP contribution in [0.25, 0.3) is 0 Å². The van der Waals surface area contributed by atoms with E-state index in [0.717, 1.165) is 31.5 Å². The van der Waals surface area contributed by atoms with Crippen LogP contribution in [-0.2, 0) is 6.54 Å². The molecule has 1 aliphatic heterocycles. The van der Waals surface area contributed by atoms with Crippen molar-refractivity contribution in [2.45, 2.75) is 31.8 Å². The van der Waals surface area contributed by atoms with Crippen molar-refractivity contribution < 1.29 is 14.3 Å². The molecule has 1 fully saturated rings. The summed E-state index contributed by atoms with van der Waals surface area (Å²) in [7, 11) is 0. The van der Waals surface area contributed by atoms with Crippen LogP contribution < -0.4 is 5.32 Å². The largest absolute Gasteiger partial charge is 0.396 e. The number of aliphatic hydroxyl groups excluding tert-OH is 1. The van der Waals surface area contributed by atoms with E-state index in [1.165, 1.54) is 6.07 Å². The fourth-order valence-corrected chi connectivity index (χ4v) is 3.21. The Morgan fingerprint density at radius 2 is 2.31 bits per heavy atom. The third-order valence-electron chi connectivity index (χ3n) is 4.51. The number of benzene rings is 1. The van der Waals surface area contributed by atoms with E-state index in [9.17, 15) is 9.18 Å². The molecule has 1 unspecified atom stereocenters. The van der Waals surface area contributed by atoms with E-state index in [0.29, 0.717) is 19.5 Å². The van der Waals surface area contributed by atoms with Gasteiger partial charge in [0.2, 0.25) is 0 Å². The number of likely N-dealkylation sites (tertiary alicyclic amines) is 1. The minimum absolute atomic E-state index is 0.0379. The van der Waals surface area contributed by atoms with Gasteiger partial charge < -0.3 is 10.4 Å². The summed E-state index contributed by atoms with van der Waals surface area (Å²) in [6.45, 7) is 2.88. The van der Waals surface area contributed by atoms with Gasteiger partial charge in [-0.3, -0.25) is 9.69 Å². The SMILES string of the molecule is O=C(NCCCO)c1cn(C2CCCN(Cc3cccc(F)c3)C2)nn1. The first-order valence-corrected chi connectivity index (χ1v) is 8.93. The molecule has 3 rings (SSSR count). The van der Waals surface area contributed by atoms with Gasteiger partial charge in [0.05, 0.1) is 12.2 Å². The fourth-order valence-electron chi connectivity index (χ4n) is 3.21. The Morgan fingerprint density at radius 3 is 3.12 bits per heavy atom. The summed E-state index contributed by atoms with van der Waals surface area (Å²) in [4.78, 5) is 14.3. The van der Waals surface area contributed by atoms with Crippen molar-refractivity contribution in [3.8, 4) is 0 Å². The second-order valence-corrected chi connectivity index (χ2v) is 6.58. The average Bonchev–Trinajstić information content (AvgIpc) is 3.12. The molecule has 0 saturated carbocycles. The minimum atomic E-state index is -0.280. The van der Waals surface area contributed by atoms with Crippen molar-refractivity contribution in [3.63, 3.8) is 0 Å². The topological polar surface area (TPSA) is 83.3 Å². The summed E-state index contributed by atoms with van der Waals surface area (Å²) in [5.74, 6) is -0.499. The maximum atomic E-state index is 13.4. The Bertz CT molecular complexity index is 736. The van der Waals surface area contributed by atoms with Gasteiger partial charge in [-0.1, -0.05) is 17.3 Å². The van der Waals surface area contributed by atoms with E-state index in [-0.39, 0.29) is 30.1 Å². The number of nitrogens with one attached hydrogen (secondary N) is 1. The van der Waals surface area contributed by atoms with Crippen LogP contribution in [0.4, 0.5) is 4.39 Å². The lowest BCUT2D eigenvalue weighted by Gasteiger charge is -2.32. The van der Waals surface area contributed by atoms with Crippen molar-refractivity contribution in [2.24, 2.45) is 0 Å². The molecule has 1 aromatic heterocycles. The highest BCUT2D eigenvalue weighted by Crippen LogP contribution is 2.22. The van der Waals surface area contributed by atoms with Crippen LogP contribution in [0.3, 0.4) is 0 Å². The summed E-state index contributed by atoms with van der Waals surface area (Å²) in [5.41, 5.74) is 1.23. The molecule has 0 spiro atoms. The van der Waals surface area contributed by atoms with Crippen LogP contribution in [0.2, 0.25) is 0 Å². The van der Waals surface area contributed by atoms with Crippen LogP contribution in [0.15, 0.2) is 30.5 Å². The van der Waals surface area contributed by atoms with Gasteiger partial charge >= 0.3 is 0 Å². The van der Waals surface area contributed by atoms with E-state index in [2.05, 4.69) is 20.5 Å². The van der Waals surface area contributed by atoms with Crippen LogP contribution in [-0.4, -0.2) is 57.1 Å². The molecule has 1 aromatic carbocycles. The number of carbonyl (C=O) groups excluding carboxylic acids is 1. The minimum Gasteiger partial charge on any atom is -0.396 e. The van der Waals surface area contributed by atoms with Crippen LogP contribution in [0.5, 0.6) is 0 Å². The van der Waals surface area contributed by atoms with E-state index < -0.39 is 0 Å². The number of amides is 1. The van der Waals surface area contributed by atoms with Crippen molar-refractivity contribution in [1.82, 2.24) is 25.2 Å². The molecule has 1 amide bonds. The van der Waals surface area contributed by atoms with Crippen LogP contribution in [0, 0.1) is 5.82 Å². The molecule has 0 bridgehead atoms. The quantitative estimate of drug-likeness (QED) is 0.728. The molecule has 140 valence electrons. The first-order chi connectivity index (χ1) is 12.7. The number of nitrogens with zero attached hydrogens (tertiary/aromatic N) is 4.